The van der Waals surface area contributed by atoms with Crippen molar-refractivity contribution in [2.45, 2.75) is 0 Å². The van der Waals surface area contributed by atoms with Crippen molar-refractivity contribution < 1.29 is 9.34 Å². The van der Waals surface area contributed by atoms with Crippen LogP contribution in [-0.4, -0.2) is 19.7 Å². The number of pyridine rings is 1. The van der Waals surface area contributed by atoms with E-state index in [4.69, 9.17) is 10.2 Å². The zero-order valence-corrected chi connectivity index (χ0v) is 11.1. The number of hydrogen-bond acceptors (Lipinski definition) is 6. The second kappa shape index (κ2) is 4.75. The molecule has 21 heavy (non-hydrogen) atoms. The molecule has 3 aromatic heterocycles. The number of rotatable bonds is 3. The van der Waals surface area contributed by atoms with Crippen LogP contribution in [0.25, 0.3) is 22.6 Å². The minimum absolute atomic E-state index is 0.292. The highest BCUT2D eigenvalue weighted by Crippen LogP contribution is 2.37. The van der Waals surface area contributed by atoms with E-state index < -0.39 is 4.92 Å². The van der Waals surface area contributed by atoms with Gasteiger partial charge in [0.25, 0.3) is 0 Å². The van der Waals surface area contributed by atoms with Crippen molar-refractivity contribution in [3.63, 3.8) is 0 Å². The Morgan fingerprint density at radius 1 is 1.29 bits per heavy atom. The maximum absolute atomic E-state index is 10.7. The Kier molecular flexibility index (Phi) is 2.90. The lowest BCUT2D eigenvalue weighted by Gasteiger charge is -2.01. The van der Waals surface area contributed by atoms with Crippen LogP contribution < -0.4 is 5.73 Å². The van der Waals surface area contributed by atoms with Gasteiger partial charge in [-0.05, 0) is 23.8 Å². The molecule has 3 aromatic rings. The average molecular weight is 285 g/mol. The number of anilines is 1. The van der Waals surface area contributed by atoms with Crippen molar-refractivity contribution >= 4 is 11.7 Å². The number of aryl methyl sites for hydroxylation is 1. The Hall–Kier alpha value is -3.16. The first-order valence-electron chi connectivity index (χ1n) is 6.05. The Bertz CT molecular complexity index is 807. The van der Waals surface area contributed by atoms with Crippen molar-refractivity contribution in [2.75, 3.05) is 5.73 Å². The van der Waals surface area contributed by atoms with Gasteiger partial charge in [0.15, 0.2) is 5.76 Å². The van der Waals surface area contributed by atoms with Crippen molar-refractivity contribution in [3.05, 3.63) is 46.8 Å². The molecule has 8 nitrogen and oxygen atoms in total. The largest absolute Gasteiger partial charge is 0.433 e. The number of nitrogens with zero attached hydrogens (tertiary/aromatic N) is 4. The molecule has 2 N–H and O–H groups in total. The van der Waals surface area contributed by atoms with Crippen LogP contribution in [0.4, 0.5) is 11.7 Å². The number of furan rings is 1. The maximum atomic E-state index is 10.7. The summed E-state index contributed by atoms with van der Waals surface area (Å²) in [6.45, 7) is 0. The molecule has 0 aliphatic heterocycles. The van der Waals surface area contributed by atoms with Crippen molar-refractivity contribution in [1.82, 2.24) is 14.8 Å². The Labute approximate surface area is 119 Å². The van der Waals surface area contributed by atoms with Crippen LogP contribution in [0.3, 0.4) is 0 Å². The van der Waals surface area contributed by atoms with Crippen LogP contribution in [0.1, 0.15) is 0 Å². The molecule has 0 amide bonds. The van der Waals surface area contributed by atoms with E-state index in [1.165, 1.54) is 16.8 Å². The van der Waals surface area contributed by atoms with Gasteiger partial charge in [0.2, 0.25) is 0 Å². The van der Waals surface area contributed by atoms with Gasteiger partial charge in [0.05, 0.1) is 11.6 Å². The molecule has 0 bridgehead atoms. The topological polar surface area (TPSA) is 113 Å². The summed E-state index contributed by atoms with van der Waals surface area (Å²) in [6, 6.07) is 6.36. The summed E-state index contributed by atoms with van der Waals surface area (Å²) in [4.78, 5) is 14.1. The molecule has 0 radical (unpaired) electrons. The van der Waals surface area contributed by atoms with Crippen LogP contribution in [-0.2, 0) is 7.05 Å². The molecule has 0 aliphatic carbocycles. The van der Waals surface area contributed by atoms with E-state index in [2.05, 4.69) is 10.1 Å². The van der Waals surface area contributed by atoms with Crippen LogP contribution in [0, 0.1) is 10.1 Å². The van der Waals surface area contributed by atoms with E-state index in [0.717, 1.165) is 5.56 Å². The second-order valence-corrected chi connectivity index (χ2v) is 4.36. The molecular weight excluding hydrogens is 274 g/mol. The lowest BCUT2D eigenvalue weighted by Crippen LogP contribution is -1.97. The standard InChI is InChI=1S/C13H11N5O3/c1-17-13(14)11(8-4-6-15-7-5-8)12(16-17)9-2-3-10(21-9)18(19)20/h2-7H,14H2,1H3. The molecule has 8 heteroatoms. The van der Waals surface area contributed by atoms with E-state index in [0.29, 0.717) is 22.8 Å². The Morgan fingerprint density at radius 3 is 2.62 bits per heavy atom. The van der Waals surface area contributed by atoms with Gasteiger partial charge in [0.1, 0.15) is 16.4 Å². The molecule has 0 fully saturated rings. The SMILES string of the molecule is Cn1nc(-c2ccc([N+](=O)[O-])o2)c(-c2ccncc2)c1N. The molecule has 0 atom stereocenters. The molecule has 0 saturated heterocycles. The number of hydrogen-bond donors (Lipinski definition) is 1. The van der Waals surface area contributed by atoms with Gasteiger partial charge in [-0.25, -0.2) is 0 Å². The minimum Gasteiger partial charge on any atom is -0.399 e. The summed E-state index contributed by atoms with van der Waals surface area (Å²) in [5.41, 5.74) is 7.96. The first kappa shape index (κ1) is 12.9. The zero-order valence-electron chi connectivity index (χ0n) is 11.1. The molecule has 0 aliphatic rings. The molecular formula is C13H11N5O3. The Balaban J connectivity index is 2.19. The minimum atomic E-state index is -0.595. The maximum Gasteiger partial charge on any atom is 0.433 e. The third kappa shape index (κ3) is 2.12. The summed E-state index contributed by atoms with van der Waals surface area (Å²) in [7, 11) is 1.70. The summed E-state index contributed by atoms with van der Waals surface area (Å²) < 4.78 is 6.71. The molecule has 0 aromatic carbocycles. The summed E-state index contributed by atoms with van der Waals surface area (Å²) in [5, 5.41) is 15.0. The Morgan fingerprint density at radius 2 is 2.00 bits per heavy atom. The number of nitrogen functional groups attached to an aromatic ring is 1. The van der Waals surface area contributed by atoms with Gasteiger partial charge in [-0.3, -0.25) is 19.8 Å². The van der Waals surface area contributed by atoms with E-state index in [9.17, 15) is 10.1 Å². The van der Waals surface area contributed by atoms with Crippen LogP contribution in [0.15, 0.2) is 41.1 Å². The monoisotopic (exact) mass is 285 g/mol. The van der Waals surface area contributed by atoms with E-state index in [1.54, 1.807) is 31.6 Å². The third-order valence-corrected chi connectivity index (χ3v) is 3.07. The quantitative estimate of drug-likeness (QED) is 0.583. The molecule has 0 unspecified atom stereocenters. The molecule has 0 spiro atoms. The summed E-state index contributed by atoms with van der Waals surface area (Å²) >= 11 is 0. The number of nitro groups is 1. The molecule has 106 valence electrons. The predicted molar refractivity (Wildman–Crippen MR) is 75.2 cm³/mol. The molecule has 3 heterocycles. The highest BCUT2D eigenvalue weighted by molar-refractivity contribution is 5.86. The van der Waals surface area contributed by atoms with E-state index in [-0.39, 0.29) is 5.88 Å². The van der Waals surface area contributed by atoms with Crippen LogP contribution in [0.2, 0.25) is 0 Å². The average Bonchev–Trinajstić information content (AvgIpc) is 3.06. The first-order valence-corrected chi connectivity index (χ1v) is 6.05. The van der Waals surface area contributed by atoms with Gasteiger partial charge in [-0.2, -0.15) is 5.10 Å². The first-order chi connectivity index (χ1) is 10.1. The summed E-state index contributed by atoms with van der Waals surface area (Å²) in [5.74, 6) is 0.394. The fourth-order valence-electron chi connectivity index (χ4n) is 2.07. The van der Waals surface area contributed by atoms with Gasteiger partial charge < -0.3 is 10.2 Å². The predicted octanol–water partition coefficient (Wildman–Crippen LogP) is 2.23. The molecule has 0 saturated carbocycles. The van der Waals surface area contributed by atoms with Crippen LogP contribution >= 0.6 is 0 Å². The van der Waals surface area contributed by atoms with Crippen molar-refractivity contribution in [1.29, 1.82) is 0 Å². The van der Waals surface area contributed by atoms with Crippen LogP contribution in [0.5, 0.6) is 0 Å². The smallest absolute Gasteiger partial charge is 0.399 e. The zero-order chi connectivity index (χ0) is 15.0. The third-order valence-electron chi connectivity index (χ3n) is 3.07. The van der Waals surface area contributed by atoms with E-state index in [1.807, 2.05) is 0 Å². The molecule has 3 rings (SSSR count). The van der Waals surface area contributed by atoms with Crippen molar-refractivity contribution in [3.8, 4) is 22.6 Å². The fourth-order valence-corrected chi connectivity index (χ4v) is 2.07. The van der Waals surface area contributed by atoms with Gasteiger partial charge in [-0.15, -0.1) is 0 Å². The normalized spacial score (nSPS) is 10.7. The fraction of sp³-hybridized carbons (Fsp3) is 0.0769. The van der Waals surface area contributed by atoms with E-state index >= 15 is 0 Å². The highest BCUT2D eigenvalue weighted by atomic mass is 16.6. The van der Waals surface area contributed by atoms with Crippen molar-refractivity contribution in [2.24, 2.45) is 7.05 Å². The lowest BCUT2D eigenvalue weighted by molar-refractivity contribution is -0.401. The number of nitrogens with two attached hydrogens (primary N) is 1. The van der Waals surface area contributed by atoms with Gasteiger partial charge in [0, 0.05) is 19.4 Å². The second-order valence-electron chi connectivity index (χ2n) is 4.36. The number of aromatic nitrogens is 3. The summed E-state index contributed by atoms with van der Waals surface area (Å²) in [6.07, 6.45) is 3.27. The highest BCUT2D eigenvalue weighted by Gasteiger charge is 2.22. The van der Waals surface area contributed by atoms with Gasteiger partial charge in [-0.1, -0.05) is 0 Å². The lowest BCUT2D eigenvalue weighted by atomic mass is 10.1. The van der Waals surface area contributed by atoms with Gasteiger partial charge >= 0.3 is 5.88 Å².